The molecule has 0 saturated heterocycles. The lowest BCUT2D eigenvalue weighted by atomic mass is 10.0. The lowest BCUT2D eigenvalue weighted by Gasteiger charge is -2.19. The molecule has 0 aromatic heterocycles. The van der Waals surface area contributed by atoms with E-state index in [1.54, 1.807) is 22.9 Å². The van der Waals surface area contributed by atoms with Gasteiger partial charge in [0.2, 0.25) is 0 Å². The number of nitrogens with two attached hydrogens (primary N) is 2. The van der Waals surface area contributed by atoms with Gasteiger partial charge >= 0.3 is 30.1 Å². The fourth-order valence-corrected chi connectivity index (χ4v) is 4.48. The van der Waals surface area contributed by atoms with Crippen LogP contribution in [0.1, 0.15) is 34.3 Å². The van der Waals surface area contributed by atoms with Crippen molar-refractivity contribution in [3.8, 4) is 11.5 Å². The molecule has 1 aliphatic heterocycles. The minimum atomic E-state index is -5.08. The highest BCUT2D eigenvalue weighted by Gasteiger charge is 2.38. The first-order valence-corrected chi connectivity index (χ1v) is 13.6. The van der Waals surface area contributed by atoms with Gasteiger partial charge in [0.15, 0.2) is 17.5 Å². The van der Waals surface area contributed by atoms with Crippen molar-refractivity contribution < 1.29 is 65.6 Å². The molecule has 9 N–H and O–H groups in total. The predicted molar refractivity (Wildman–Crippen MR) is 143 cm³/mol. The Morgan fingerprint density at radius 1 is 1.09 bits per heavy atom. The minimum Gasteiger partial charge on any atom is -0.489 e. The van der Waals surface area contributed by atoms with Crippen LogP contribution in [-0.4, -0.2) is 72.4 Å². The molecular weight excluding hydrogens is 623 g/mol. The van der Waals surface area contributed by atoms with E-state index in [-0.39, 0.29) is 30.6 Å². The summed E-state index contributed by atoms with van der Waals surface area (Å²) in [5.41, 5.74) is 12.6. The Hall–Kier alpha value is -4.95. The monoisotopic (exact) mass is 649 g/mol. The third-order valence-electron chi connectivity index (χ3n) is 5.34. The molecule has 16 nitrogen and oxygen atoms in total. The Morgan fingerprint density at radius 2 is 1.75 bits per heavy atom. The first-order chi connectivity index (χ1) is 20.4. The smallest absolute Gasteiger partial charge is 0.489 e. The number of nitrogens with zero attached hydrogens (tertiary/aromatic N) is 1. The van der Waals surface area contributed by atoms with Crippen molar-refractivity contribution >= 4 is 45.7 Å². The van der Waals surface area contributed by atoms with Crippen LogP contribution < -0.4 is 30.4 Å². The number of carbonyl (C=O) groups is 4. The highest BCUT2D eigenvalue weighted by Crippen LogP contribution is 2.34. The highest BCUT2D eigenvalue weighted by atomic mass is 32.2. The summed E-state index contributed by atoms with van der Waals surface area (Å²) in [7, 11) is -4.42. The number of rotatable bonds is 9. The molecule has 0 radical (unpaired) electrons. The number of carbonyl (C=O) groups excluding carboxylic acids is 1. The van der Waals surface area contributed by atoms with Gasteiger partial charge in [-0.25, -0.2) is 14.6 Å². The largest absolute Gasteiger partial charge is 0.490 e. The van der Waals surface area contributed by atoms with Crippen LogP contribution in [0.2, 0.25) is 0 Å². The molecular formula is C24H26F3N5O11S. The third-order valence-corrected chi connectivity index (χ3v) is 6.46. The number of ether oxygens (including phenoxy) is 2. The number of halogens is 3. The van der Waals surface area contributed by atoms with Crippen LogP contribution in [-0.2, 0) is 37.6 Å². The molecule has 0 amide bonds. The summed E-state index contributed by atoms with van der Waals surface area (Å²) in [6.45, 7) is -0.174. The van der Waals surface area contributed by atoms with Crippen LogP contribution in [0.3, 0.4) is 0 Å². The van der Waals surface area contributed by atoms with Crippen LogP contribution in [0.5, 0.6) is 11.5 Å². The van der Waals surface area contributed by atoms with Crippen molar-refractivity contribution in [2.24, 2.45) is 16.5 Å². The van der Waals surface area contributed by atoms with Crippen LogP contribution in [0, 0.1) is 0 Å². The average Bonchev–Trinajstić information content (AvgIpc) is 2.89. The van der Waals surface area contributed by atoms with Crippen molar-refractivity contribution in [3.05, 3.63) is 53.1 Å². The molecule has 0 unspecified atom stereocenters. The summed E-state index contributed by atoms with van der Waals surface area (Å²) < 4.78 is 71.7. The van der Waals surface area contributed by atoms with Gasteiger partial charge in [0.05, 0.1) is 24.3 Å². The molecule has 0 spiro atoms. The zero-order valence-corrected chi connectivity index (χ0v) is 23.1. The number of esters is 1. The van der Waals surface area contributed by atoms with E-state index in [4.69, 9.17) is 41.1 Å². The fraction of sp³-hybridized carbons (Fsp3) is 0.292. The summed E-state index contributed by atoms with van der Waals surface area (Å²) >= 11 is 0. The number of aliphatic carboxylic acids is 3. The molecule has 0 aliphatic carbocycles. The first-order valence-electron chi connectivity index (χ1n) is 12.1. The van der Waals surface area contributed by atoms with Crippen LogP contribution >= 0.6 is 0 Å². The molecule has 1 atom stereocenters. The topological polar surface area (TPSA) is 270 Å². The van der Waals surface area contributed by atoms with Crippen LogP contribution in [0.25, 0.3) is 0 Å². The molecule has 20 heteroatoms. The summed E-state index contributed by atoms with van der Waals surface area (Å²) in [5, 5.41) is 25.0. The molecule has 2 aromatic carbocycles. The van der Waals surface area contributed by atoms with E-state index in [1.165, 1.54) is 18.2 Å². The number of para-hydroxylation sites is 1. The predicted octanol–water partition coefficient (Wildman–Crippen LogP) is 0.621. The Morgan fingerprint density at radius 3 is 2.32 bits per heavy atom. The van der Waals surface area contributed by atoms with Gasteiger partial charge in [-0.3, -0.25) is 9.59 Å². The maximum Gasteiger partial charge on any atom is 0.490 e. The molecule has 240 valence electrons. The number of hydrogen-bond donors (Lipinski definition) is 7. The van der Waals surface area contributed by atoms with E-state index in [2.05, 4.69) is 9.71 Å². The van der Waals surface area contributed by atoms with Gasteiger partial charge < -0.3 is 36.3 Å². The second-order valence-corrected chi connectivity index (χ2v) is 10.2. The maximum absolute atomic E-state index is 12.9. The van der Waals surface area contributed by atoms with E-state index in [0.717, 1.165) is 0 Å². The Kier molecular flexibility index (Phi) is 12.0. The summed E-state index contributed by atoms with van der Waals surface area (Å²) in [5.74, 6) is -6.52. The number of carboxylic acid groups (broad SMARTS) is 3. The van der Waals surface area contributed by atoms with Crippen molar-refractivity contribution in [1.29, 1.82) is 0 Å². The van der Waals surface area contributed by atoms with Gasteiger partial charge in [0.25, 0.3) is 10.2 Å². The number of alkyl halides is 3. The first kappa shape index (κ1) is 35.2. The highest BCUT2D eigenvalue weighted by molar-refractivity contribution is 7.87. The molecule has 44 heavy (non-hydrogen) atoms. The number of nitrogens with one attached hydrogen (secondary N) is 2. The van der Waals surface area contributed by atoms with E-state index >= 15 is 0 Å². The number of benzene rings is 2. The maximum atomic E-state index is 12.9. The number of carboxylic acids is 3. The second-order valence-electron chi connectivity index (χ2n) is 8.70. The van der Waals surface area contributed by atoms with Gasteiger partial charge in [0, 0.05) is 12.1 Å². The van der Waals surface area contributed by atoms with Crippen LogP contribution in [0.4, 0.5) is 18.9 Å². The molecule has 0 saturated carbocycles. The van der Waals surface area contributed by atoms with Gasteiger partial charge in [-0.15, -0.1) is 0 Å². The molecule has 1 heterocycles. The molecule has 0 bridgehead atoms. The van der Waals surface area contributed by atoms with Gasteiger partial charge in [-0.05, 0) is 42.7 Å². The molecule has 0 fully saturated rings. The lowest BCUT2D eigenvalue weighted by molar-refractivity contribution is -0.192. The van der Waals surface area contributed by atoms with Gasteiger partial charge in [-0.2, -0.15) is 31.0 Å². The lowest BCUT2D eigenvalue weighted by Crippen LogP contribution is -2.47. The third kappa shape index (κ3) is 11.0. The van der Waals surface area contributed by atoms with Crippen LogP contribution in [0.15, 0.2) is 41.4 Å². The average molecular weight is 650 g/mol. The zero-order chi connectivity index (χ0) is 33.2. The van der Waals surface area contributed by atoms with E-state index in [1.807, 2.05) is 0 Å². The number of aryl methyl sites for hydroxylation is 1. The summed E-state index contributed by atoms with van der Waals surface area (Å²) in [6, 6.07) is 7.44. The number of fused-ring (bicyclic) bond motifs is 2. The quantitative estimate of drug-likeness (QED) is 0.0851. The fourth-order valence-electron chi connectivity index (χ4n) is 3.50. The Labute approximate surface area is 246 Å². The van der Waals surface area contributed by atoms with E-state index < -0.39 is 52.7 Å². The van der Waals surface area contributed by atoms with Crippen molar-refractivity contribution in [1.82, 2.24) is 9.44 Å². The normalized spacial score (nSPS) is 13.8. The standard InChI is InChI=1S/C22H25N5O9S.C2HF3O2/c23-22(24)26-14-6-7-15-12(9-14)4-2-8-35-19-13(3-1-5-17(19)36-21(15)32)11-25-37(33,34)27-16(20(30)31)10-18(28)29;3-2(4,5)1(6)7/h1,3,5-7,9,16,25,27H,2,4,8,10-11H2,(H,28,29)(H,30,31)(H4,23,24,26);(H,6,7)/t16-;/m0./s1. The summed E-state index contributed by atoms with van der Waals surface area (Å²) in [6.07, 6.45) is -5.11. The van der Waals surface area contributed by atoms with Gasteiger partial charge in [0.1, 0.15) is 6.04 Å². The van der Waals surface area contributed by atoms with E-state index in [0.29, 0.717) is 35.2 Å². The number of guanidine groups is 1. The number of hydrogen-bond acceptors (Lipinski definition) is 9. The van der Waals surface area contributed by atoms with Crippen molar-refractivity contribution in [3.63, 3.8) is 0 Å². The molecule has 3 rings (SSSR count). The number of aliphatic imine (C=N–C) groups is 1. The van der Waals surface area contributed by atoms with Gasteiger partial charge in [-0.1, -0.05) is 12.1 Å². The minimum absolute atomic E-state index is 0.0464. The van der Waals surface area contributed by atoms with E-state index in [9.17, 15) is 36.0 Å². The van der Waals surface area contributed by atoms with Crippen molar-refractivity contribution in [2.45, 2.75) is 38.0 Å². The Bertz CT molecular complexity index is 1540. The Balaban J connectivity index is 0.000000860. The molecule has 2 aromatic rings. The molecule has 1 aliphatic rings. The summed E-state index contributed by atoms with van der Waals surface area (Å²) in [4.78, 5) is 47.8. The SMILES string of the molecule is NC(N)=Nc1ccc2c(c1)CCCOc1c(CNS(=O)(=O)N[C@@H](CC(=O)O)C(=O)O)cccc1OC2=O.O=C(O)C(F)(F)F. The second kappa shape index (κ2) is 15.0. The van der Waals surface area contributed by atoms with Crippen molar-refractivity contribution in [2.75, 3.05) is 6.61 Å². The zero-order valence-electron chi connectivity index (χ0n) is 22.3.